The molecule has 0 saturated carbocycles. The molecule has 1 heterocycles. The highest BCUT2D eigenvalue weighted by Gasteiger charge is 2.25. The van der Waals surface area contributed by atoms with Crippen molar-refractivity contribution in [2.45, 2.75) is 39.3 Å². The SMILES string of the molecule is C[C@@H](N)c1ccc(N2CCN(C(C)(C)C)CC2)cc1. The Morgan fingerprint density at radius 2 is 1.53 bits per heavy atom. The van der Waals surface area contributed by atoms with Crippen LogP contribution in [0.5, 0.6) is 0 Å². The van der Waals surface area contributed by atoms with Gasteiger partial charge in [0.05, 0.1) is 0 Å². The Balaban J connectivity index is 1.98. The average molecular weight is 261 g/mol. The topological polar surface area (TPSA) is 32.5 Å². The second-order valence-corrected chi connectivity index (χ2v) is 6.53. The third-order valence-electron chi connectivity index (χ3n) is 4.01. The van der Waals surface area contributed by atoms with Crippen LogP contribution >= 0.6 is 0 Å². The molecule has 1 fully saturated rings. The second kappa shape index (κ2) is 5.51. The molecular formula is C16H27N3. The van der Waals surface area contributed by atoms with E-state index in [1.54, 1.807) is 0 Å². The molecule has 0 amide bonds. The largest absolute Gasteiger partial charge is 0.369 e. The van der Waals surface area contributed by atoms with Gasteiger partial charge in [0.1, 0.15) is 0 Å². The van der Waals surface area contributed by atoms with Crippen LogP contribution in [0, 0.1) is 0 Å². The molecule has 0 radical (unpaired) electrons. The number of nitrogens with zero attached hydrogens (tertiary/aromatic N) is 2. The lowest BCUT2D eigenvalue weighted by Gasteiger charge is -2.43. The first-order chi connectivity index (χ1) is 8.88. The van der Waals surface area contributed by atoms with Gasteiger partial charge >= 0.3 is 0 Å². The van der Waals surface area contributed by atoms with Gasteiger partial charge in [0.2, 0.25) is 0 Å². The highest BCUT2D eigenvalue weighted by molar-refractivity contribution is 5.48. The maximum atomic E-state index is 5.89. The van der Waals surface area contributed by atoms with E-state index in [0.29, 0.717) is 0 Å². The van der Waals surface area contributed by atoms with Gasteiger partial charge in [0.25, 0.3) is 0 Å². The molecule has 0 aromatic heterocycles. The Bertz CT molecular complexity index is 395. The summed E-state index contributed by atoms with van der Waals surface area (Å²) in [5, 5.41) is 0. The van der Waals surface area contributed by atoms with Crippen molar-refractivity contribution < 1.29 is 0 Å². The van der Waals surface area contributed by atoms with Crippen LogP contribution in [0.1, 0.15) is 39.3 Å². The van der Waals surface area contributed by atoms with Crippen molar-refractivity contribution in [3.8, 4) is 0 Å². The van der Waals surface area contributed by atoms with E-state index in [0.717, 1.165) is 26.2 Å². The summed E-state index contributed by atoms with van der Waals surface area (Å²) in [6, 6.07) is 8.81. The van der Waals surface area contributed by atoms with E-state index in [9.17, 15) is 0 Å². The van der Waals surface area contributed by atoms with E-state index in [1.165, 1.54) is 11.3 Å². The first-order valence-corrected chi connectivity index (χ1v) is 7.23. The minimum Gasteiger partial charge on any atom is -0.369 e. The maximum Gasteiger partial charge on any atom is 0.0367 e. The zero-order valence-corrected chi connectivity index (χ0v) is 12.7. The molecule has 3 heteroatoms. The summed E-state index contributed by atoms with van der Waals surface area (Å²) in [6.45, 7) is 13.4. The Morgan fingerprint density at radius 3 is 1.95 bits per heavy atom. The third-order valence-corrected chi connectivity index (χ3v) is 4.01. The van der Waals surface area contributed by atoms with Gasteiger partial charge in [-0.25, -0.2) is 0 Å². The third kappa shape index (κ3) is 3.48. The molecule has 0 unspecified atom stereocenters. The normalized spacial score (nSPS) is 19.5. The van der Waals surface area contributed by atoms with Crippen LogP contribution in [0.25, 0.3) is 0 Å². The van der Waals surface area contributed by atoms with Gasteiger partial charge in [0.15, 0.2) is 0 Å². The first-order valence-electron chi connectivity index (χ1n) is 7.23. The predicted molar refractivity (Wildman–Crippen MR) is 82.6 cm³/mol. The van der Waals surface area contributed by atoms with Crippen molar-refractivity contribution in [1.29, 1.82) is 0 Å². The Morgan fingerprint density at radius 1 is 1.00 bits per heavy atom. The lowest BCUT2D eigenvalue weighted by Crippen LogP contribution is -2.53. The van der Waals surface area contributed by atoms with Crippen molar-refractivity contribution in [2.24, 2.45) is 5.73 Å². The second-order valence-electron chi connectivity index (χ2n) is 6.53. The molecule has 1 saturated heterocycles. The van der Waals surface area contributed by atoms with E-state index in [-0.39, 0.29) is 11.6 Å². The molecule has 1 aromatic rings. The summed E-state index contributed by atoms with van der Waals surface area (Å²) >= 11 is 0. The average Bonchev–Trinajstić information content (AvgIpc) is 2.38. The summed E-state index contributed by atoms with van der Waals surface area (Å²) in [5.41, 5.74) is 8.69. The van der Waals surface area contributed by atoms with Gasteiger partial charge in [-0.05, 0) is 45.4 Å². The monoisotopic (exact) mass is 261 g/mol. The van der Waals surface area contributed by atoms with Gasteiger partial charge in [-0.3, -0.25) is 4.90 Å². The molecule has 0 spiro atoms. The number of hydrogen-bond acceptors (Lipinski definition) is 3. The molecule has 0 bridgehead atoms. The van der Waals surface area contributed by atoms with Crippen LogP contribution in [0.2, 0.25) is 0 Å². The fourth-order valence-electron chi connectivity index (χ4n) is 2.62. The first kappa shape index (κ1) is 14.4. The molecule has 1 aromatic carbocycles. The summed E-state index contributed by atoms with van der Waals surface area (Å²) in [5.74, 6) is 0. The van der Waals surface area contributed by atoms with Crippen molar-refractivity contribution >= 4 is 5.69 Å². The van der Waals surface area contributed by atoms with Crippen molar-refractivity contribution in [3.63, 3.8) is 0 Å². The molecule has 1 aliphatic rings. The van der Waals surface area contributed by atoms with Crippen molar-refractivity contribution in [1.82, 2.24) is 4.90 Å². The molecule has 2 N–H and O–H groups in total. The van der Waals surface area contributed by atoms with Gasteiger partial charge in [-0.2, -0.15) is 0 Å². The summed E-state index contributed by atoms with van der Waals surface area (Å²) in [7, 11) is 0. The van der Waals surface area contributed by atoms with Gasteiger partial charge in [-0.15, -0.1) is 0 Å². The van der Waals surface area contributed by atoms with Crippen LogP contribution in [0.4, 0.5) is 5.69 Å². The van der Waals surface area contributed by atoms with Crippen LogP contribution in [-0.4, -0.2) is 36.6 Å². The van der Waals surface area contributed by atoms with Crippen LogP contribution < -0.4 is 10.6 Å². The van der Waals surface area contributed by atoms with Crippen LogP contribution in [0.3, 0.4) is 0 Å². The number of hydrogen-bond donors (Lipinski definition) is 1. The zero-order valence-electron chi connectivity index (χ0n) is 12.7. The standard InChI is InChI=1S/C16H27N3/c1-13(17)14-5-7-15(8-6-14)18-9-11-19(12-10-18)16(2,3)4/h5-8,13H,9-12,17H2,1-4H3/t13-/m1/s1. The summed E-state index contributed by atoms with van der Waals surface area (Å²) < 4.78 is 0. The minimum atomic E-state index is 0.117. The quantitative estimate of drug-likeness (QED) is 0.888. The van der Waals surface area contributed by atoms with E-state index in [1.807, 2.05) is 6.92 Å². The molecule has 19 heavy (non-hydrogen) atoms. The molecule has 2 rings (SSSR count). The zero-order chi connectivity index (χ0) is 14.0. The number of piperazine rings is 1. The number of anilines is 1. The highest BCUT2D eigenvalue weighted by atomic mass is 15.3. The molecule has 1 atom stereocenters. The lowest BCUT2D eigenvalue weighted by atomic mass is 10.0. The van der Waals surface area contributed by atoms with E-state index < -0.39 is 0 Å². The van der Waals surface area contributed by atoms with Gasteiger partial charge in [-0.1, -0.05) is 12.1 Å². The Labute approximate surface area is 117 Å². The fraction of sp³-hybridized carbons (Fsp3) is 0.625. The van der Waals surface area contributed by atoms with Crippen LogP contribution in [0.15, 0.2) is 24.3 Å². The number of nitrogens with two attached hydrogens (primary N) is 1. The van der Waals surface area contributed by atoms with Crippen molar-refractivity contribution in [2.75, 3.05) is 31.1 Å². The Kier molecular flexibility index (Phi) is 4.16. The van der Waals surface area contributed by atoms with E-state index in [2.05, 4.69) is 54.8 Å². The molecule has 106 valence electrons. The predicted octanol–water partition coefficient (Wildman–Crippen LogP) is 2.63. The molecule has 1 aliphatic heterocycles. The van der Waals surface area contributed by atoms with Gasteiger partial charge < -0.3 is 10.6 Å². The lowest BCUT2D eigenvalue weighted by molar-refractivity contribution is 0.128. The smallest absolute Gasteiger partial charge is 0.0367 e. The van der Waals surface area contributed by atoms with Crippen LogP contribution in [-0.2, 0) is 0 Å². The fourth-order valence-corrected chi connectivity index (χ4v) is 2.62. The minimum absolute atomic E-state index is 0.117. The maximum absolute atomic E-state index is 5.89. The summed E-state index contributed by atoms with van der Waals surface area (Å²) in [4.78, 5) is 5.02. The molecule has 3 nitrogen and oxygen atoms in total. The van der Waals surface area contributed by atoms with E-state index >= 15 is 0 Å². The van der Waals surface area contributed by atoms with E-state index in [4.69, 9.17) is 5.73 Å². The number of rotatable bonds is 2. The Hall–Kier alpha value is -1.06. The molecular weight excluding hydrogens is 234 g/mol. The van der Waals surface area contributed by atoms with Gasteiger partial charge in [0, 0.05) is 43.4 Å². The van der Waals surface area contributed by atoms with Crippen molar-refractivity contribution in [3.05, 3.63) is 29.8 Å². The summed E-state index contributed by atoms with van der Waals surface area (Å²) in [6.07, 6.45) is 0. The highest BCUT2D eigenvalue weighted by Crippen LogP contribution is 2.22. The molecule has 0 aliphatic carbocycles. The number of benzene rings is 1.